The average Bonchev–Trinajstić information content (AvgIpc) is 3.35. The lowest BCUT2D eigenvalue weighted by molar-refractivity contribution is -0.138. The summed E-state index contributed by atoms with van der Waals surface area (Å²) in [5.74, 6) is 1.05. The van der Waals surface area contributed by atoms with E-state index >= 15 is 0 Å². The predicted octanol–water partition coefficient (Wildman–Crippen LogP) is 3.78. The number of rotatable bonds is 8. The zero-order chi connectivity index (χ0) is 20.7. The van der Waals surface area contributed by atoms with Crippen molar-refractivity contribution in [3.63, 3.8) is 0 Å². The van der Waals surface area contributed by atoms with Crippen molar-refractivity contribution < 1.29 is 4.79 Å². The summed E-state index contributed by atoms with van der Waals surface area (Å²) in [6.45, 7) is 4.33. The SMILES string of the molecule is CCNC(=NCC1(C(=O)N(C)C)CCCC1)NCCCc1nc2c(s1)CCCC2.I. The predicted molar refractivity (Wildman–Crippen MR) is 136 cm³/mol. The van der Waals surface area contributed by atoms with Crippen LogP contribution in [0.1, 0.15) is 67.4 Å². The Hall–Kier alpha value is -0.900. The van der Waals surface area contributed by atoms with Crippen LogP contribution >= 0.6 is 35.3 Å². The van der Waals surface area contributed by atoms with E-state index in [4.69, 9.17) is 9.98 Å². The fourth-order valence-corrected chi connectivity index (χ4v) is 5.70. The number of carbonyl (C=O) groups excluding carboxylic acids is 1. The van der Waals surface area contributed by atoms with Gasteiger partial charge in [0, 0.05) is 38.5 Å². The molecule has 3 rings (SSSR count). The molecule has 0 aromatic carbocycles. The van der Waals surface area contributed by atoms with Gasteiger partial charge in [0.2, 0.25) is 5.91 Å². The number of fused-ring (bicyclic) bond motifs is 1. The standard InChI is InChI=1S/C22H37N5OS.HI/c1-4-23-21(25-16-22(13-7-8-14-22)20(28)27(2)3)24-15-9-12-19-26-17-10-5-6-11-18(17)29-19;/h4-16H2,1-3H3,(H2,23,24,25);1H. The van der Waals surface area contributed by atoms with Crippen molar-refractivity contribution in [2.24, 2.45) is 10.4 Å². The Bertz CT molecular complexity index is 689. The van der Waals surface area contributed by atoms with Gasteiger partial charge in [-0.1, -0.05) is 12.8 Å². The number of aromatic nitrogens is 1. The van der Waals surface area contributed by atoms with Gasteiger partial charge in [-0.2, -0.15) is 0 Å². The second-order valence-electron chi connectivity index (χ2n) is 8.60. The van der Waals surface area contributed by atoms with E-state index in [1.165, 1.54) is 34.8 Å². The number of nitrogens with zero attached hydrogens (tertiary/aromatic N) is 3. The zero-order valence-electron chi connectivity index (χ0n) is 18.8. The zero-order valence-corrected chi connectivity index (χ0v) is 21.9. The van der Waals surface area contributed by atoms with Crippen molar-refractivity contribution in [3.05, 3.63) is 15.6 Å². The first-order chi connectivity index (χ1) is 14.0. The lowest BCUT2D eigenvalue weighted by Gasteiger charge is -2.29. The van der Waals surface area contributed by atoms with Crippen molar-refractivity contribution in [1.29, 1.82) is 0 Å². The van der Waals surface area contributed by atoms with Crippen LogP contribution in [0.15, 0.2) is 4.99 Å². The number of nitrogens with one attached hydrogen (secondary N) is 2. The molecule has 1 amide bonds. The summed E-state index contributed by atoms with van der Waals surface area (Å²) in [7, 11) is 3.71. The van der Waals surface area contributed by atoms with Crippen LogP contribution in [0.25, 0.3) is 0 Å². The number of hydrogen-bond donors (Lipinski definition) is 2. The Labute approximate surface area is 202 Å². The Kier molecular flexibility index (Phi) is 10.3. The quantitative estimate of drug-likeness (QED) is 0.225. The molecule has 0 atom stereocenters. The van der Waals surface area contributed by atoms with E-state index in [1.54, 1.807) is 4.90 Å². The first-order valence-corrected chi connectivity index (χ1v) is 12.1. The van der Waals surface area contributed by atoms with E-state index in [1.807, 2.05) is 25.4 Å². The maximum Gasteiger partial charge on any atom is 0.230 e. The third kappa shape index (κ3) is 6.55. The van der Waals surface area contributed by atoms with Gasteiger partial charge in [0.05, 0.1) is 22.7 Å². The molecular formula is C22H38IN5OS. The third-order valence-electron chi connectivity index (χ3n) is 6.05. The molecule has 2 aliphatic carbocycles. The van der Waals surface area contributed by atoms with Gasteiger partial charge < -0.3 is 15.5 Å². The number of halogens is 1. The van der Waals surface area contributed by atoms with E-state index in [0.29, 0.717) is 6.54 Å². The van der Waals surface area contributed by atoms with Crippen LogP contribution in [-0.4, -0.2) is 55.5 Å². The molecule has 0 radical (unpaired) electrons. The molecule has 2 aliphatic rings. The summed E-state index contributed by atoms with van der Waals surface area (Å²) in [4.78, 5) is 25.6. The van der Waals surface area contributed by atoms with Gasteiger partial charge in [0.25, 0.3) is 0 Å². The Morgan fingerprint density at radius 2 is 1.90 bits per heavy atom. The van der Waals surface area contributed by atoms with Crippen LogP contribution in [0.5, 0.6) is 0 Å². The molecule has 1 saturated carbocycles. The van der Waals surface area contributed by atoms with Crippen LogP contribution in [0.4, 0.5) is 0 Å². The molecule has 0 spiro atoms. The normalized spacial score (nSPS) is 17.8. The first-order valence-electron chi connectivity index (χ1n) is 11.3. The second kappa shape index (κ2) is 12.2. The Morgan fingerprint density at radius 1 is 1.17 bits per heavy atom. The number of amides is 1. The number of carbonyl (C=O) groups is 1. The minimum atomic E-state index is -0.314. The van der Waals surface area contributed by atoms with Gasteiger partial charge in [-0.25, -0.2) is 4.98 Å². The second-order valence-corrected chi connectivity index (χ2v) is 9.77. The number of aliphatic imine (C=N–C) groups is 1. The van der Waals surface area contributed by atoms with Crippen molar-refractivity contribution in [1.82, 2.24) is 20.5 Å². The fraction of sp³-hybridized carbons (Fsp3) is 0.773. The van der Waals surface area contributed by atoms with Gasteiger partial charge >= 0.3 is 0 Å². The lowest BCUT2D eigenvalue weighted by Crippen LogP contribution is -2.43. The number of aryl methyl sites for hydroxylation is 3. The minimum absolute atomic E-state index is 0. The number of hydrogen-bond acceptors (Lipinski definition) is 4. The topological polar surface area (TPSA) is 69.6 Å². The van der Waals surface area contributed by atoms with E-state index in [0.717, 1.165) is 64.0 Å². The average molecular weight is 548 g/mol. The summed E-state index contributed by atoms with van der Waals surface area (Å²) in [5, 5.41) is 8.06. The maximum atomic E-state index is 12.7. The molecule has 2 N–H and O–H groups in total. The summed E-state index contributed by atoms with van der Waals surface area (Å²) >= 11 is 1.91. The molecule has 0 bridgehead atoms. The molecule has 0 aliphatic heterocycles. The van der Waals surface area contributed by atoms with Crippen LogP contribution in [0, 0.1) is 5.41 Å². The molecule has 8 heteroatoms. The first kappa shape index (κ1) is 25.4. The number of thiazole rings is 1. The molecule has 0 unspecified atom stereocenters. The molecule has 170 valence electrons. The fourth-order valence-electron chi connectivity index (χ4n) is 4.50. The smallest absolute Gasteiger partial charge is 0.230 e. The molecule has 6 nitrogen and oxygen atoms in total. The Balaban J connectivity index is 0.00000320. The molecule has 0 saturated heterocycles. The number of guanidine groups is 1. The highest BCUT2D eigenvalue weighted by atomic mass is 127. The maximum absolute atomic E-state index is 12.7. The highest BCUT2D eigenvalue weighted by Gasteiger charge is 2.42. The molecule has 1 fully saturated rings. The monoisotopic (exact) mass is 547 g/mol. The van der Waals surface area contributed by atoms with Crippen LogP contribution in [0.3, 0.4) is 0 Å². The Morgan fingerprint density at radius 3 is 2.57 bits per heavy atom. The minimum Gasteiger partial charge on any atom is -0.357 e. The summed E-state index contributed by atoms with van der Waals surface area (Å²) < 4.78 is 0. The van der Waals surface area contributed by atoms with E-state index in [9.17, 15) is 4.79 Å². The molecular weight excluding hydrogens is 509 g/mol. The lowest BCUT2D eigenvalue weighted by atomic mass is 9.85. The van der Waals surface area contributed by atoms with Gasteiger partial charge in [-0.15, -0.1) is 35.3 Å². The van der Waals surface area contributed by atoms with Crippen molar-refractivity contribution in [2.45, 2.75) is 71.1 Å². The van der Waals surface area contributed by atoms with Gasteiger partial charge in [-0.05, 0) is 51.9 Å². The van der Waals surface area contributed by atoms with Crippen LogP contribution < -0.4 is 10.6 Å². The largest absolute Gasteiger partial charge is 0.357 e. The van der Waals surface area contributed by atoms with Gasteiger partial charge in [0.15, 0.2) is 5.96 Å². The van der Waals surface area contributed by atoms with Gasteiger partial charge in [-0.3, -0.25) is 9.79 Å². The van der Waals surface area contributed by atoms with E-state index in [-0.39, 0.29) is 35.3 Å². The van der Waals surface area contributed by atoms with Crippen molar-refractivity contribution in [3.8, 4) is 0 Å². The van der Waals surface area contributed by atoms with E-state index < -0.39 is 0 Å². The van der Waals surface area contributed by atoms with Crippen LogP contribution in [0.2, 0.25) is 0 Å². The molecule has 1 aromatic heterocycles. The van der Waals surface area contributed by atoms with Crippen LogP contribution in [-0.2, 0) is 24.1 Å². The highest BCUT2D eigenvalue weighted by molar-refractivity contribution is 14.0. The van der Waals surface area contributed by atoms with Gasteiger partial charge in [0.1, 0.15) is 0 Å². The third-order valence-corrected chi connectivity index (χ3v) is 7.27. The molecule has 1 heterocycles. The molecule has 30 heavy (non-hydrogen) atoms. The van der Waals surface area contributed by atoms with E-state index in [2.05, 4.69) is 17.6 Å². The van der Waals surface area contributed by atoms with Crippen molar-refractivity contribution >= 4 is 47.2 Å². The molecule has 1 aromatic rings. The highest BCUT2D eigenvalue weighted by Crippen LogP contribution is 2.39. The van der Waals surface area contributed by atoms with Crippen molar-refractivity contribution in [2.75, 3.05) is 33.7 Å². The summed E-state index contributed by atoms with van der Waals surface area (Å²) in [5.41, 5.74) is 1.04. The summed E-state index contributed by atoms with van der Waals surface area (Å²) in [6.07, 6.45) is 11.2. The summed E-state index contributed by atoms with van der Waals surface area (Å²) in [6, 6.07) is 0.